The monoisotopic (exact) mass is 341 g/mol. The van der Waals surface area contributed by atoms with E-state index in [4.69, 9.17) is 15.2 Å². The average Bonchev–Trinajstić information content (AvgIpc) is 2.38. The van der Waals surface area contributed by atoms with Crippen molar-refractivity contribution in [3.05, 3.63) is 34.8 Å². The van der Waals surface area contributed by atoms with Crippen molar-refractivity contribution in [1.82, 2.24) is 9.97 Å². The summed E-state index contributed by atoms with van der Waals surface area (Å²) in [6, 6.07) is 4.36. The Hall–Kier alpha value is -1.89. The zero-order valence-corrected chi connectivity index (χ0v) is 12.5. The molecule has 2 aromatic rings. The molecular weight excluding hydrogens is 329 g/mol. The van der Waals surface area contributed by atoms with Gasteiger partial charge in [0, 0.05) is 6.07 Å². The van der Waals surface area contributed by atoms with Gasteiger partial charge in [-0.1, -0.05) is 0 Å². The Balaban J connectivity index is 2.27. The van der Waals surface area contributed by atoms with Crippen LogP contribution in [-0.2, 0) is 0 Å². The first-order chi connectivity index (χ1) is 9.47. The molecule has 0 aliphatic carbocycles. The Morgan fingerprint density at radius 2 is 1.95 bits per heavy atom. The lowest BCUT2D eigenvalue weighted by Crippen LogP contribution is -2.10. The molecule has 0 spiro atoms. The van der Waals surface area contributed by atoms with Crippen molar-refractivity contribution in [1.29, 1.82) is 0 Å². The van der Waals surface area contributed by atoms with Gasteiger partial charge in [-0.2, -0.15) is 9.97 Å². The maximum atomic E-state index is 13.4. The summed E-state index contributed by atoms with van der Waals surface area (Å²) in [6.45, 7) is 3.71. The van der Waals surface area contributed by atoms with Gasteiger partial charge in [-0.3, -0.25) is 0 Å². The lowest BCUT2D eigenvalue weighted by atomic mass is 10.3. The van der Waals surface area contributed by atoms with Crippen molar-refractivity contribution in [2.75, 3.05) is 5.73 Å². The van der Waals surface area contributed by atoms with E-state index in [1.54, 1.807) is 6.07 Å². The van der Waals surface area contributed by atoms with Gasteiger partial charge < -0.3 is 15.2 Å². The molecule has 0 saturated carbocycles. The summed E-state index contributed by atoms with van der Waals surface area (Å²) in [5.74, 6) is 0.209. The second kappa shape index (κ2) is 6.04. The molecule has 1 aromatic heterocycles. The van der Waals surface area contributed by atoms with Gasteiger partial charge >= 0.3 is 0 Å². The maximum absolute atomic E-state index is 13.4. The first kappa shape index (κ1) is 14.5. The molecule has 2 rings (SSSR count). The van der Waals surface area contributed by atoms with E-state index in [1.165, 1.54) is 18.5 Å². The van der Waals surface area contributed by atoms with E-state index >= 15 is 0 Å². The molecule has 0 aliphatic heterocycles. The van der Waals surface area contributed by atoms with Gasteiger partial charge in [-0.15, -0.1) is 0 Å². The third-order valence-corrected chi connectivity index (χ3v) is 2.91. The zero-order valence-electron chi connectivity index (χ0n) is 10.9. The molecule has 5 nitrogen and oxygen atoms in total. The molecule has 0 radical (unpaired) electrons. The molecule has 2 N–H and O–H groups in total. The van der Waals surface area contributed by atoms with E-state index in [1.807, 2.05) is 13.8 Å². The number of hydrogen-bond donors (Lipinski definition) is 1. The Bertz CT molecular complexity index is 623. The lowest BCUT2D eigenvalue weighted by molar-refractivity contribution is 0.232. The normalized spacial score (nSPS) is 10.7. The summed E-state index contributed by atoms with van der Waals surface area (Å²) in [5.41, 5.74) is 6.04. The minimum absolute atomic E-state index is 0.0785. The molecule has 106 valence electrons. The van der Waals surface area contributed by atoms with Crippen LogP contribution in [0.2, 0.25) is 0 Å². The summed E-state index contributed by atoms with van der Waals surface area (Å²) in [5, 5.41) is 0. The van der Waals surface area contributed by atoms with Crippen LogP contribution in [0.25, 0.3) is 0 Å². The highest BCUT2D eigenvalue weighted by Gasteiger charge is 2.13. The fraction of sp³-hybridized carbons (Fsp3) is 0.231. The summed E-state index contributed by atoms with van der Waals surface area (Å²) in [4.78, 5) is 7.85. The fourth-order valence-corrected chi connectivity index (χ4v) is 1.66. The van der Waals surface area contributed by atoms with Crippen LogP contribution in [0.1, 0.15) is 13.8 Å². The van der Waals surface area contributed by atoms with Gasteiger partial charge in [-0.25, -0.2) is 4.39 Å². The summed E-state index contributed by atoms with van der Waals surface area (Å²) < 4.78 is 24.6. The van der Waals surface area contributed by atoms with Crippen LogP contribution < -0.4 is 15.2 Å². The lowest BCUT2D eigenvalue weighted by Gasteiger charge is -2.13. The highest BCUT2D eigenvalue weighted by atomic mass is 79.9. The van der Waals surface area contributed by atoms with Gasteiger partial charge in [0.05, 0.1) is 10.6 Å². The third-order valence-electron chi connectivity index (χ3n) is 2.26. The number of hydrogen-bond acceptors (Lipinski definition) is 5. The number of nitrogens with two attached hydrogens (primary N) is 1. The molecule has 0 aliphatic rings. The smallest absolute Gasteiger partial charge is 0.249 e. The zero-order chi connectivity index (χ0) is 14.7. The van der Waals surface area contributed by atoms with Gasteiger partial charge in [0.1, 0.15) is 17.9 Å². The van der Waals surface area contributed by atoms with E-state index in [-0.39, 0.29) is 29.3 Å². The predicted molar refractivity (Wildman–Crippen MR) is 76.4 cm³/mol. The second-order valence-electron chi connectivity index (χ2n) is 4.24. The number of rotatable bonds is 4. The van der Waals surface area contributed by atoms with E-state index in [2.05, 4.69) is 25.9 Å². The van der Waals surface area contributed by atoms with Crippen LogP contribution in [0, 0.1) is 5.82 Å². The number of halogens is 2. The Kier molecular flexibility index (Phi) is 4.39. The van der Waals surface area contributed by atoms with Gasteiger partial charge in [0.25, 0.3) is 0 Å². The summed E-state index contributed by atoms with van der Waals surface area (Å²) in [6.07, 6.45) is 1.20. The molecule has 1 heterocycles. The van der Waals surface area contributed by atoms with Crippen LogP contribution in [0.4, 0.5) is 10.1 Å². The highest BCUT2D eigenvalue weighted by Crippen LogP contribution is 2.32. The SMILES string of the molecule is CC(C)Oc1ncnc(Oc2ccc(Br)c(F)c2)c1N. The number of nitrogens with zero attached hydrogens (tertiary/aromatic N) is 2. The number of nitrogen functional groups attached to an aromatic ring is 1. The summed E-state index contributed by atoms with van der Waals surface area (Å²) >= 11 is 3.07. The van der Waals surface area contributed by atoms with Crippen molar-refractivity contribution >= 4 is 21.6 Å². The van der Waals surface area contributed by atoms with Gasteiger partial charge in [0.2, 0.25) is 11.8 Å². The Morgan fingerprint density at radius 3 is 2.60 bits per heavy atom. The van der Waals surface area contributed by atoms with Crippen LogP contribution in [0.3, 0.4) is 0 Å². The Morgan fingerprint density at radius 1 is 1.25 bits per heavy atom. The van der Waals surface area contributed by atoms with Crippen molar-refractivity contribution in [3.8, 4) is 17.5 Å². The van der Waals surface area contributed by atoms with Gasteiger partial charge in [-0.05, 0) is 41.9 Å². The fourth-order valence-electron chi connectivity index (χ4n) is 1.41. The average molecular weight is 342 g/mol. The molecular formula is C13H13BrFN3O2. The molecule has 0 fully saturated rings. The van der Waals surface area contributed by atoms with E-state index in [0.29, 0.717) is 4.47 Å². The number of benzene rings is 1. The van der Waals surface area contributed by atoms with Crippen molar-refractivity contribution in [2.45, 2.75) is 20.0 Å². The topological polar surface area (TPSA) is 70.3 Å². The van der Waals surface area contributed by atoms with Crippen LogP contribution in [0.5, 0.6) is 17.5 Å². The van der Waals surface area contributed by atoms with Crippen LogP contribution >= 0.6 is 15.9 Å². The van der Waals surface area contributed by atoms with Crippen LogP contribution in [-0.4, -0.2) is 16.1 Å². The number of anilines is 1. The molecule has 0 unspecified atom stereocenters. The highest BCUT2D eigenvalue weighted by molar-refractivity contribution is 9.10. The maximum Gasteiger partial charge on any atom is 0.249 e. The van der Waals surface area contributed by atoms with E-state index < -0.39 is 5.82 Å². The van der Waals surface area contributed by atoms with Gasteiger partial charge in [0.15, 0.2) is 5.69 Å². The minimum atomic E-state index is -0.436. The third kappa shape index (κ3) is 3.36. The molecule has 0 bridgehead atoms. The van der Waals surface area contributed by atoms with Crippen molar-refractivity contribution < 1.29 is 13.9 Å². The first-order valence-electron chi connectivity index (χ1n) is 5.87. The number of ether oxygens (including phenoxy) is 2. The largest absolute Gasteiger partial charge is 0.473 e. The molecule has 20 heavy (non-hydrogen) atoms. The quantitative estimate of drug-likeness (QED) is 0.920. The summed E-state index contributed by atoms with van der Waals surface area (Å²) in [7, 11) is 0. The Labute approximate surface area is 124 Å². The molecule has 1 aromatic carbocycles. The predicted octanol–water partition coefficient (Wildman–Crippen LogP) is 3.54. The standard InChI is InChI=1S/C13H13BrFN3O2/c1-7(2)19-12-11(16)13(18-6-17-12)20-8-3-4-9(14)10(15)5-8/h3-7H,16H2,1-2H3. The van der Waals surface area contributed by atoms with Crippen molar-refractivity contribution in [3.63, 3.8) is 0 Å². The first-order valence-corrected chi connectivity index (χ1v) is 6.66. The molecule has 0 atom stereocenters. The molecule has 7 heteroatoms. The number of aromatic nitrogens is 2. The van der Waals surface area contributed by atoms with E-state index in [0.717, 1.165) is 0 Å². The van der Waals surface area contributed by atoms with Crippen molar-refractivity contribution in [2.24, 2.45) is 0 Å². The molecule has 0 saturated heterocycles. The molecule has 0 amide bonds. The minimum Gasteiger partial charge on any atom is -0.473 e. The van der Waals surface area contributed by atoms with Crippen LogP contribution in [0.15, 0.2) is 29.0 Å². The van der Waals surface area contributed by atoms with E-state index in [9.17, 15) is 4.39 Å². The second-order valence-corrected chi connectivity index (χ2v) is 5.10.